The molecule has 1 heteroatoms. The quantitative estimate of drug-likeness (QED) is 0.721. The first-order valence-corrected chi connectivity index (χ1v) is 5.88. The van der Waals surface area contributed by atoms with Crippen LogP contribution in [0.15, 0.2) is 48.7 Å². The molecule has 1 aromatic rings. The molecule has 1 nitrogen and oxygen atoms in total. The minimum atomic E-state index is 0.381. The van der Waals surface area contributed by atoms with Crippen molar-refractivity contribution in [2.75, 3.05) is 0 Å². The first-order valence-electron chi connectivity index (χ1n) is 5.88. The Morgan fingerprint density at radius 2 is 1.88 bits per heavy atom. The van der Waals surface area contributed by atoms with Gasteiger partial charge in [0.25, 0.3) is 0 Å². The van der Waals surface area contributed by atoms with Gasteiger partial charge in [-0.3, -0.25) is 0 Å². The predicted octanol–water partition coefficient (Wildman–Crippen LogP) is 3.83. The van der Waals surface area contributed by atoms with Crippen LogP contribution in [0.25, 0.3) is 0 Å². The summed E-state index contributed by atoms with van der Waals surface area (Å²) < 4.78 is 0. The van der Waals surface area contributed by atoms with Crippen molar-refractivity contribution in [3.05, 3.63) is 59.8 Å². The minimum Gasteiger partial charge on any atom is -0.365 e. The summed E-state index contributed by atoms with van der Waals surface area (Å²) >= 11 is 0. The lowest BCUT2D eigenvalue weighted by atomic mass is 9.97. The van der Waals surface area contributed by atoms with Gasteiger partial charge in [-0.15, -0.1) is 0 Å². The molecule has 0 aromatic heterocycles. The van der Waals surface area contributed by atoms with Crippen LogP contribution in [0.5, 0.6) is 0 Å². The summed E-state index contributed by atoms with van der Waals surface area (Å²) in [6.45, 7) is 6.64. The molecule has 0 fully saturated rings. The number of benzene rings is 1. The third-order valence-corrected chi connectivity index (χ3v) is 3.09. The van der Waals surface area contributed by atoms with Gasteiger partial charge in [0, 0.05) is 12.2 Å². The van der Waals surface area contributed by atoms with Gasteiger partial charge in [0.1, 0.15) is 0 Å². The highest BCUT2D eigenvalue weighted by molar-refractivity contribution is 5.34. The molecule has 0 N–H and O–H groups in total. The maximum atomic E-state index is 2.39. The first-order chi connectivity index (χ1) is 7.70. The molecule has 0 aliphatic carbocycles. The molecule has 1 unspecified atom stereocenters. The Morgan fingerprint density at radius 1 is 1.12 bits per heavy atom. The van der Waals surface area contributed by atoms with Crippen molar-refractivity contribution >= 4 is 0 Å². The molecular weight excluding hydrogens is 194 g/mol. The Morgan fingerprint density at radius 3 is 2.56 bits per heavy atom. The zero-order valence-electron chi connectivity index (χ0n) is 10.2. The van der Waals surface area contributed by atoms with Crippen molar-refractivity contribution in [1.82, 2.24) is 4.90 Å². The summed E-state index contributed by atoms with van der Waals surface area (Å²) in [6.07, 6.45) is 8.69. The Kier molecular flexibility index (Phi) is 3.14. The summed E-state index contributed by atoms with van der Waals surface area (Å²) in [5.74, 6) is 0. The lowest BCUT2D eigenvalue weighted by molar-refractivity contribution is 0.262. The van der Waals surface area contributed by atoms with Gasteiger partial charge < -0.3 is 4.90 Å². The van der Waals surface area contributed by atoms with Crippen molar-refractivity contribution in [1.29, 1.82) is 0 Å². The second-order valence-corrected chi connectivity index (χ2v) is 4.57. The second kappa shape index (κ2) is 4.56. The van der Waals surface area contributed by atoms with Crippen LogP contribution in [-0.2, 0) is 0 Å². The van der Waals surface area contributed by atoms with E-state index in [1.165, 1.54) is 11.1 Å². The fraction of sp³-hybridized carbons (Fsp3) is 0.333. The lowest BCUT2D eigenvalue weighted by Gasteiger charge is -2.35. The molecule has 0 amide bonds. The van der Waals surface area contributed by atoms with Crippen LogP contribution in [0.1, 0.15) is 31.0 Å². The van der Waals surface area contributed by atoms with E-state index in [1.807, 2.05) is 0 Å². The summed E-state index contributed by atoms with van der Waals surface area (Å²) in [6, 6.07) is 9.52. The molecule has 2 rings (SSSR count). The molecule has 0 saturated carbocycles. The van der Waals surface area contributed by atoms with Crippen LogP contribution < -0.4 is 0 Å². The topological polar surface area (TPSA) is 3.24 Å². The molecule has 0 bridgehead atoms. The molecule has 1 aliphatic heterocycles. The van der Waals surface area contributed by atoms with E-state index in [9.17, 15) is 0 Å². The van der Waals surface area contributed by atoms with E-state index in [-0.39, 0.29) is 0 Å². The normalized spacial score (nSPS) is 19.5. The molecule has 0 radical (unpaired) electrons. The van der Waals surface area contributed by atoms with E-state index in [2.05, 4.69) is 74.4 Å². The van der Waals surface area contributed by atoms with E-state index in [0.29, 0.717) is 12.1 Å². The van der Waals surface area contributed by atoms with Crippen LogP contribution in [-0.4, -0.2) is 10.9 Å². The van der Waals surface area contributed by atoms with E-state index < -0.39 is 0 Å². The van der Waals surface area contributed by atoms with Gasteiger partial charge in [0.05, 0.1) is 6.04 Å². The third-order valence-electron chi connectivity index (χ3n) is 3.09. The van der Waals surface area contributed by atoms with Crippen LogP contribution in [0.2, 0.25) is 0 Å². The van der Waals surface area contributed by atoms with Crippen LogP contribution in [0.3, 0.4) is 0 Å². The van der Waals surface area contributed by atoms with Gasteiger partial charge in [-0.1, -0.05) is 36.4 Å². The van der Waals surface area contributed by atoms with Crippen LogP contribution in [0, 0.1) is 6.92 Å². The molecular formula is C15H19N. The first kappa shape index (κ1) is 11.0. The van der Waals surface area contributed by atoms with Crippen molar-refractivity contribution in [3.8, 4) is 0 Å². The van der Waals surface area contributed by atoms with Crippen molar-refractivity contribution < 1.29 is 0 Å². The van der Waals surface area contributed by atoms with Gasteiger partial charge in [0.2, 0.25) is 0 Å². The predicted molar refractivity (Wildman–Crippen MR) is 69.2 cm³/mol. The number of rotatable bonds is 2. The molecule has 0 spiro atoms. The summed E-state index contributed by atoms with van der Waals surface area (Å²) in [5.41, 5.74) is 2.76. The van der Waals surface area contributed by atoms with Gasteiger partial charge in [-0.25, -0.2) is 0 Å². The number of aryl methyl sites for hydroxylation is 1. The summed E-state index contributed by atoms with van der Waals surface area (Å²) in [7, 11) is 0. The van der Waals surface area contributed by atoms with Gasteiger partial charge in [-0.2, -0.15) is 0 Å². The van der Waals surface area contributed by atoms with E-state index in [4.69, 9.17) is 0 Å². The molecule has 1 aromatic carbocycles. The highest BCUT2D eigenvalue weighted by atomic mass is 15.2. The van der Waals surface area contributed by atoms with Crippen molar-refractivity contribution in [2.24, 2.45) is 0 Å². The van der Waals surface area contributed by atoms with E-state index in [1.54, 1.807) is 0 Å². The fourth-order valence-corrected chi connectivity index (χ4v) is 2.19. The standard InChI is InChI=1S/C15H19N/c1-12(2)16-11-7-6-10-15(16)14-9-5-4-8-13(14)3/h4-12,15H,1-3H3. The van der Waals surface area contributed by atoms with Crippen molar-refractivity contribution in [2.45, 2.75) is 32.9 Å². The Labute approximate surface area is 98.1 Å². The number of hydrogen-bond donors (Lipinski definition) is 0. The van der Waals surface area contributed by atoms with Gasteiger partial charge in [0.15, 0.2) is 0 Å². The Bertz CT molecular complexity index is 415. The zero-order valence-corrected chi connectivity index (χ0v) is 10.2. The largest absolute Gasteiger partial charge is 0.365 e. The molecule has 1 aliphatic rings. The van der Waals surface area contributed by atoms with Gasteiger partial charge >= 0.3 is 0 Å². The third kappa shape index (κ3) is 2.04. The number of nitrogens with zero attached hydrogens (tertiary/aromatic N) is 1. The summed E-state index contributed by atoms with van der Waals surface area (Å²) in [4.78, 5) is 2.39. The SMILES string of the molecule is Cc1ccccc1C1C=CC=CN1C(C)C. The Balaban J connectivity index is 2.36. The average molecular weight is 213 g/mol. The maximum Gasteiger partial charge on any atom is 0.0729 e. The van der Waals surface area contributed by atoms with Crippen LogP contribution >= 0.6 is 0 Å². The van der Waals surface area contributed by atoms with Gasteiger partial charge in [-0.05, 0) is 38.0 Å². The molecule has 84 valence electrons. The average Bonchev–Trinajstić information content (AvgIpc) is 2.29. The van der Waals surface area contributed by atoms with E-state index >= 15 is 0 Å². The smallest absolute Gasteiger partial charge is 0.0729 e. The highest BCUT2D eigenvalue weighted by Gasteiger charge is 2.19. The highest BCUT2D eigenvalue weighted by Crippen LogP contribution is 2.29. The zero-order chi connectivity index (χ0) is 11.5. The number of hydrogen-bond acceptors (Lipinski definition) is 1. The van der Waals surface area contributed by atoms with Crippen LogP contribution in [0.4, 0.5) is 0 Å². The maximum absolute atomic E-state index is 2.39. The minimum absolute atomic E-state index is 0.381. The fourth-order valence-electron chi connectivity index (χ4n) is 2.19. The Hall–Kier alpha value is -1.50. The summed E-state index contributed by atoms with van der Waals surface area (Å²) in [5, 5.41) is 0. The molecule has 16 heavy (non-hydrogen) atoms. The molecule has 1 heterocycles. The van der Waals surface area contributed by atoms with Crippen molar-refractivity contribution in [3.63, 3.8) is 0 Å². The van der Waals surface area contributed by atoms with E-state index in [0.717, 1.165) is 0 Å². The molecule has 0 saturated heterocycles. The second-order valence-electron chi connectivity index (χ2n) is 4.57. The monoisotopic (exact) mass is 213 g/mol. The lowest BCUT2D eigenvalue weighted by Crippen LogP contribution is -2.30. The molecule has 1 atom stereocenters. The number of allylic oxidation sites excluding steroid dienone is 2.